The highest BCUT2D eigenvalue weighted by atomic mass is 15.5. The predicted octanol–water partition coefficient (Wildman–Crippen LogP) is -0.384. The zero-order chi connectivity index (χ0) is 10.7. The largest absolute Gasteiger partial charge is 0.326 e. The molecule has 0 amide bonds. The van der Waals surface area contributed by atoms with E-state index in [9.17, 15) is 0 Å². The fourth-order valence-corrected chi connectivity index (χ4v) is 1.93. The molecule has 0 spiro atoms. The third-order valence-corrected chi connectivity index (χ3v) is 2.72. The number of likely N-dealkylation sites (tertiary alicyclic amines) is 1. The van der Waals surface area contributed by atoms with E-state index >= 15 is 0 Å². The molecule has 0 radical (unpaired) electrons. The van der Waals surface area contributed by atoms with Gasteiger partial charge in [-0.3, -0.25) is 4.90 Å². The first kappa shape index (κ1) is 10.5. The molecule has 1 fully saturated rings. The van der Waals surface area contributed by atoms with Crippen LogP contribution in [0.5, 0.6) is 0 Å². The monoisotopic (exact) mass is 210 g/mol. The summed E-state index contributed by atoms with van der Waals surface area (Å²) in [6.07, 6.45) is 2.13. The Morgan fingerprint density at radius 2 is 2.40 bits per heavy atom. The number of nitrogens with zero attached hydrogens (tertiary/aromatic N) is 5. The minimum atomic E-state index is 0.320. The maximum absolute atomic E-state index is 5.85. The lowest BCUT2D eigenvalue weighted by Crippen LogP contribution is -2.27. The second-order valence-electron chi connectivity index (χ2n) is 4.10. The first-order chi connectivity index (χ1) is 7.29. The van der Waals surface area contributed by atoms with Crippen molar-refractivity contribution >= 4 is 0 Å². The Labute approximate surface area is 89.4 Å². The molecule has 0 unspecified atom stereocenters. The van der Waals surface area contributed by atoms with Crippen molar-refractivity contribution in [1.82, 2.24) is 25.1 Å². The minimum absolute atomic E-state index is 0.320. The van der Waals surface area contributed by atoms with Gasteiger partial charge in [-0.15, -0.1) is 5.10 Å². The highest BCUT2D eigenvalue weighted by Crippen LogP contribution is 2.10. The molecule has 6 heteroatoms. The summed E-state index contributed by atoms with van der Waals surface area (Å²) in [5.74, 6) is 0.950. The van der Waals surface area contributed by atoms with E-state index in [0.717, 1.165) is 44.8 Å². The van der Waals surface area contributed by atoms with Crippen LogP contribution in [0.3, 0.4) is 0 Å². The summed E-state index contributed by atoms with van der Waals surface area (Å²) in [6.45, 7) is 5.85. The number of tetrazole rings is 1. The highest BCUT2D eigenvalue weighted by molar-refractivity contribution is 4.85. The van der Waals surface area contributed by atoms with E-state index in [0.29, 0.717) is 6.04 Å². The summed E-state index contributed by atoms with van der Waals surface area (Å²) in [4.78, 5) is 2.31. The van der Waals surface area contributed by atoms with Crippen LogP contribution in [0.25, 0.3) is 0 Å². The Morgan fingerprint density at radius 3 is 3.07 bits per heavy atom. The maximum Gasteiger partial charge on any atom is 0.165 e. The van der Waals surface area contributed by atoms with Crippen LogP contribution in [0.4, 0.5) is 0 Å². The zero-order valence-corrected chi connectivity index (χ0v) is 9.13. The lowest BCUT2D eigenvalue weighted by Gasteiger charge is -2.13. The lowest BCUT2D eigenvalue weighted by molar-refractivity contribution is 0.309. The van der Waals surface area contributed by atoms with E-state index in [-0.39, 0.29) is 0 Å². The molecule has 0 aliphatic carbocycles. The Morgan fingerprint density at radius 1 is 1.53 bits per heavy atom. The normalized spacial score (nSPS) is 22.4. The summed E-state index contributed by atoms with van der Waals surface area (Å²) < 4.78 is 1.88. The van der Waals surface area contributed by atoms with E-state index in [4.69, 9.17) is 5.73 Å². The number of rotatable bonds is 4. The average molecular weight is 210 g/mol. The van der Waals surface area contributed by atoms with Crippen molar-refractivity contribution in [2.75, 3.05) is 13.1 Å². The Bertz CT molecular complexity index is 309. The number of hydrogen-bond acceptors (Lipinski definition) is 5. The van der Waals surface area contributed by atoms with Gasteiger partial charge < -0.3 is 5.73 Å². The van der Waals surface area contributed by atoms with Crippen molar-refractivity contribution in [2.45, 2.75) is 38.9 Å². The molecular formula is C9H18N6. The van der Waals surface area contributed by atoms with Crippen LogP contribution in [0.1, 0.15) is 25.6 Å². The maximum atomic E-state index is 5.85. The molecule has 1 aromatic rings. The highest BCUT2D eigenvalue weighted by Gasteiger charge is 2.20. The number of hydrogen-bond donors (Lipinski definition) is 1. The average Bonchev–Trinajstić information content (AvgIpc) is 2.78. The Hall–Kier alpha value is -1.01. The topological polar surface area (TPSA) is 72.9 Å². The van der Waals surface area contributed by atoms with Gasteiger partial charge in [0.25, 0.3) is 0 Å². The van der Waals surface area contributed by atoms with Crippen molar-refractivity contribution in [3.8, 4) is 0 Å². The van der Waals surface area contributed by atoms with Gasteiger partial charge in [-0.1, -0.05) is 6.92 Å². The summed E-state index contributed by atoms with van der Waals surface area (Å²) in [7, 11) is 0. The van der Waals surface area contributed by atoms with Crippen LogP contribution in [0, 0.1) is 0 Å². The lowest BCUT2D eigenvalue weighted by atomic mass is 10.3. The number of aromatic nitrogens is 4. The van der Waals surface area contributed by atoms with Crippen LogP contribution >= 0.6 is 0 Å². The molecule has 1 saturated heterocycles. The molecule has 0 saturated carbocycles. The van der Waals surface area contributed by atoms with Gasteiger partial charge in [-0.2, -0.15) is 0 Å². The van der Waals surface area contributed by atoms with Crippen LogP contribution in [0.2, 0.25) is 0 Å². The molecule has 1 aromatic heterocycles. The molecule has 84 valence electrons. The summed E-state index contributed by atoms with van der Waals surface area (Å²) in [5.41, 5.74) is 5.85. The van der Waals surface area contributed by atoms with Crippen LogP contribution in [-0.2, 0) is 13.1 Å². The zero-order valence-electron chi connectivity index (χ0n) is 9.13. The quantitative estimate of drug-likeness (QED) is 0.733. The fraction of sp³-hybridized carbons (Fsp3) is 0.889. The smallest absolute Gasteiger partial charge is 0.165 e. The number of nitrogens with two attached hydrogens (primary N) is 1. The second kappa shape index (κ2) is 4.67. The third-order valence-electron chi connectivity index (χ3n) is 2.72. The molecule has 15 heavy (non-hydrogen) atoms. The standard InChI is InChI=1S/C9H18N6/c1-2-4-15-9(11-12-13-15)7-14-5-3-8(10)6-14/h8H,2-7,10H2,1H3/t8-/m0/s1. The van der Waals surface area contributed by atoms with Crippen LogP contribution in [-0.4, -0.2) is 44.2 Å². The molecule has 1 aliphatic heterocycles. The van der Waals surface area contributed by atoms with Gasteiger partial charge in [0.05, 0.1) is 6.54 Å². The predicted molar refractivity (Wildman–Crippen MR) is 56.0 cm³/mol. The summed E-state index contributed by atoms with van der Waals surface area (Å²) >= 11 is 0. The molecule has 2 rings (SSSR count). The molecule has 0 bridgehead atoms. The van der Waals surface area contributed by atoms with E-state index in [1.165, 1.54) is 0 Å². The van der Waals surface area contributed by atoms with Crippen LogP contribution < -0.4 is 5.73 Å². The molecule has 1 atom stereocenters. The van der Waals surface area contributed by atoms with Gasteiger partial charge in [-0.25, -0.2) is 4.68 Å². The molecule has 1 aliphatic rings. The molecule has 6 nitrogen and oxygen atoms in total. The first-order valence-corrected chi connectivity index (χ1v) is 5.52. The van der Waals surface area contributed by atoms with E-state index in [1.807, 2.05) is 4.68 Å². The minimum Gasteiger partial charge on any atom is -0.326 e. The van der Waals surface area contributed by atoms with Crippen molar-refractivity contribution in [2.24, 2.45) is 5.73 Å². The van der Waals surface area contributed by atoms with E-state index in [2.05, 4.69) is 27.3 Å². The van der Waals surface area contributed by atoms with Gasteiger partial charge in [-0.05, 0) is 23.3 Å². The molecule has 0 aromatic carbocycles. The SMILES string of the molecule is CCCn1nnnc1CN1CC[C@H](N)C1. The molecular weight excluding hydrogens is 192 g/mol. The number of aryl methyl sites for hydroxylation is 1. The van der Waals surface area contributed by atoms with Crippen molar-refractivity contribution in [1.29, 1.82) is 0 Å². The van der Waals surface area contributed by atoms with Gasteiger partial charge in [0.1, 0.15) is 0 Å². The van der Waals surface area contributed by atoms with Gasteiger partial charge >= 0.3 is 0 Å². The van der Waals surface area contributed by atoms with Crippen molar-refractivity contribution in [3.63, 3.8) is 0 Å². The Kier molecular flexibility index (Phi) is 3.27. The van der Waals surface area contributed by atoms with Gasteiger partial charge in [0.15, 0.2) is 5.82 Å². The molecule has 2 heterocycles. The summed E-state index contributed by atoms with van der Waals surface area (Å²) in [5, 5.41) is 11.7. The fourth-order valence-electron chi connectivity index (χ4n) is 1.93. The molecule has 2 N–H and O–H groups in total. The van der Waals surface area contributed by atoms with E-state index < -0.39 is 0 Å². The van der Waals surface area contributed by atoms with Gasteiger partial charge in [0.2, 0.25) is 0 Å². The van der Waals surface area contributed by atoms with Crippen molar-refractivity contribution < 1.29 is 0 Å². The van der Waals surface area contributed by atoms with Crippen molar-refractivity contribution in [3.05, 3.63) is 5.82 Å². The first-order valence-electron chi connectivity index (χ1n) is 5.52. The third kappa shape index (κ3) is 2.51. The van der Waals surface area contributed by atoms with Gasteiger partial charge in [0, 0.05) is 25.7 Å². The van der Waals surface area contributed by atoms with Crippen LogP contribution in [0.15, 0.2) is 0 Å². The Balaban J connectivity index is 1.95. The van der Waals surface area contributed by atoms with E-state index in [1.54, 1.807) is 0 Å². The summed E-state index contributed by atoms with van der Waals surface area (Å²) in [6, 6.07) is 0.320. The second-order valence-corrected chi connectivity index (χ2v) is 4.10.